The van der Waals surface area contributed by atoms with Gasteiger partial charge in [-0.15, -0.1) is 0 Å². The molecule has 0 heterocycles. The van der Waals surface area contributed by atoms with E-state index in [-0.39, 0.29) is 29.6 Å². The molecule has 0 unspecified atom stereocenters. The van der Waals surface area contributed by atoms with Crippen LogP contribution in [0.3, 0.4) is 0 Å². The van der Waals surface area contributed by atoms with Gasteiger partial charge in [0.15, 0.2) is 0 Å². The van der Waals surface area contributed by atoms with E-state index in [1.54, 1.807) is 0 Å². The van der Waals surface area contributed by atoms with E-state index >= 15 is 0 Å². The second-order valence-corrected chi connectivity index (χ2v) is 1.44. The van der Waals surface area contributed by atoms with Crippen LogP contribution in [-0.2, 0) is 9.59 Å². The molecule has 0 amide bonds. The van der Waals surface area contributed by atoms with Gasteiger partial charge in [-0.05, 0) is 5.57 Å². The van der Waals surface area contributed by atoms with Crippen LogP contribution < -0.4 is 39.8 Å². The summed E-state index contributed by atoms with van der Waals surface area (Å²) in [6.45, 7) is 2.91. The van der Waals surface area contributed by atoms with E-state index in [1.165, 1.54) is 0 Å². The summed E-state index contributed by atoms with van der Waals surface area (Å²) in [7, 11) is 0. The molecule has 10 heavy (non-hydrogen) atoms. The predicted molar refractivity (Wildman–Crippen MR) is 23.8 cm³/mol. The quantitative estimate of drug-likeness (QED) is 0.297. The number of carbonyl (C=O) groups excluding carboxylic acids is 2. The first kappa shape index (κ1) is 12.4. The fourth-order valence-corrected chi connectivity index (χ4v) is 0.246. The standard InChI is InChI=1S/C5H6O4.Na/c1-3(5(8)9)2-4(6)7;/h1-2H2,(H,6,7)(H,8,9);/q;+1/p-2. The Labute approximate surface area is 79.8 Å². The van der Waals surface area contributed by atoms with Crippen molar-refractivity contribution in [2.75, 3.05) is 0 Å². The van der Waals surface area contributed by atoms with Gasteiger partial charge in [-0.25, -0.2) is 0 Å². The summed E-state index contributed by atoms with van der Waals surface area (Å²) < 4.78 is 0. The number of carbonyl (C=O) groups is 2. The van der Waals surface area contributed by atoms with Gasteiger partial charge in [0.2, 0.25) is 0 Å². The molecule has 0 aromatic rings. The molecule has 0 aromatic heterocycles. The van der Waals surface area contributed by atoms with Crippen LogP contribution in [0.25, 0.3) is 0 Å². The maximum atomic E-state index is 9.73. The monoisotopic (exact) mass is 151 g/mol. The first-order chi connectivity index (χ1) is 4.04. The molecule has 0 bridgehead atoms. The minimum Gasteiger partial charge on any atom is -0.550 e. The van der Waals surface area contributed by atoms with Crippen molar-refractivity contribution in [3.63, 3.8) is 0 Å². The summed E-state index contributed by atoms with van der Waals surface area (Å²) in [4.78, 5) is 19.4. The molecule has 50 valence electrons. The van der Waals surface area contributed by atoms with Crippen molar-refractivity contribution >= 4 is 11.9 Å². The summed E-state index contributed by atoms with van der Waals surface area (Å²) in [5.41, 5.74) is -0.477. The maximum absolute atomic E-state index is 9.73. The molecule has 0 N–H and O–H groups in total. The number of rotatable bonds is 3. The zero-order valence-electron chi connectivity index (χ0n) is 5.55. The Morgan fingerprint density at radius 3 is 1.80 bits per heavy atom. The number of hydrogen-bond donors (Lipinski definition) is 0. The van der Waals surface area contributed by atoms with Crippen LogP contribution in [0, 0.1) is 0 Å². The van der Waals surface area contributed by atoms with Gasteiger partial charge >= 0.3 is 29.6 Å². The van der Waals surface area contributed by atoms with E-state index in [2.05, 4.69) is 6.58 Å². The van der Waals surface area contributed by atoms with Crippen LogP contribution in [0.1, 0.15) is 6.42 Å². The van der Waals surface area contributed by atoms with E-state index in [1.807, 2.05) is 0 Å². The normalized spacial score (nSPS) is 7.60. The Balaban J connectivity index is 0. The molecule has 0 saturated carbocycles. The second-order valence-electron chi connectivity index (χ2n) is 1.44. The summed E-state index contributed by atoms with van der Waals surface area (Å²) in [5, 5.41) is 19.4. The van der Waals surface area contributed by atoms with Gasteiger partial charge in [-0.1, -0.05) is 6.58 Å². The minimum atomic E-state index is -1.56. The van der Waals surface area contributed by atoms with Gasteiger partial charge in [-0.3, -0.25) is 0 Å². The summed E-state index contributed by atoms with van der Waals surface area (Å²) in [5.74, 6) is -3.02. The zero-order valence-corrected chi connectivity index (χ0v) is 7.55. The number of carboxylic acid groups (broad SMARTS) is 2. The summed E-state index contributed by atoms with van der Waals surface area (Å²) in [6.07, 6.45) is -0.678. The molecule has 0 radical (unpaired) electrons. The van der Waals surface area contributed by atoms with Gasteiger partial charge in [0.05, 0.1) is 5.97 Å². The van der Waals surface area contributed by atoms with Crippen LogP contribution in [0.2, 0.25) is 0 Å². The molecular weight excluding hydrogens is 147 g/mol. The van der Waals surface area contributed by atoms with Crippen LogP contribution in [0.5, 0.6) is 0 Å². The van der Waals surface area contributed by atoms with Gasteiger partial charge in [0, 0.05) is 12.4 Å². The molecule has 0 aliphatic carbocycles. The van der Waals surface area contributed by atoms with Crippen LogP contribution >= 0.6 is 0 Å². The number of hydrogen-bond acceptors (Lipinski definition) is 4. The summed E-state index contributed by atoms with van der Waals surface area (Å²) >= 11 is 0. The van der Waals surface area contributed by atoms with E-state index in [0.29, 0.717) is 0 Å². The molecule has 0 saturated heterocycles. The molecule has 0 fully saturated rings. The minimum absolute atomic E-state index is 0. The van der Waals surface area contributed by atoms with Gasteiger partial charge < -0.3 is 19.8 Å². The molecule has 0 aromatic carbocycles. The zero-order chi connectivity index (χ0) is 7.44. The van der Waals surface area contributed by atoms with Gasteiger partial charge in [-0.2, -0.15) is 0 Å². The SMILES string of the molecule is C=C(CC(=O)[O-])C(=O)[O-].[Na+]. The molecular formula is C5H4NaO4-. The van der Waals surface area contributed by atoms with Crippen molar-refractivity contribution in [2.24, 2.45) is 0 Å². The largest absolute Gasteiger partial charge is 1.00 e. The fourth-order valence-electron chi connectivity index (χ4n) is 0.246. The number of aliphatic carboxylic acids is 2. The third-order valence-corrected chi connectivity index (χ3v) is 0.646. The second kappa shape index (κ2) is 5.46. The average Bonchev–Trinajstić information content (AvgIpc) is 1.63. The predicted octanol–water partition coefficient (Wildman–Crippen LogP) is -5.56. The molecule has 5 heteroatoms. The third kappa shape index (κ3) is 5.81. The van der Waals surface area contributed by atoms with E-state index in [0.717, 1.165) is 0 Å². The Morgan fingerprint density at radius 1 is 1.30 bits per heavy atom. The number of carboxylic acids is 2. The average molecular weight is 151 g/mol. The first-order valence-corrected chi connectivity index (χ1v) is 2.13. The molecule has 0 atom stereocenters. The first-order valence-electron chi connectivity index (χ1n) is 2.13. The molecule has 4 nitrogen and oxygen atoms in total. The molecule has 0 aliphatic heterocycles. The Bertz CT molecular complexity index is 163. The van der Waals surface area contributed by atoms with Crippen molar-refractivity contribution in [3.8, 4) is 0 Å². The van der Waals surface area contributed by atoms with E-state index in [9.17, 15) is 19.8 Å². The smallest absolute Gasteiger partial charge is 0.550 e. The van der Waals surface area contributed by atoms with Crippen LogP contribution in [0.15, 0.2) is 12.2 Å². The van der Waals surface area contributed by atoms with Crippen LogP contribution in [0.4, 0.5) is 0 Å². The van der Waals surface area contributed by atoms with Gasteiger partial charge in [0.25, 0.3) is 0 Å². The molecule has 0 rings (SSSR count). The van der Waals surface area contributed by atoms with Crippen molar-refractivity contribution in [1.82, 2.24) is 0 Å². The van der Waals surface area contributed by atoms with E-state index < -0.39 is 23.9 Å². The fraction of sp³-hybridized carbons (Fsp3) is 0.200. The topological polar surface area (TPSA) is 80.3 Å². The summed E-state index contributed by atoms with van der Waals surface area (Å²) in [6, 6.07) is 0. The van der Waals surface area contributed by atoms with Gasteiger partial charge in [0.1, 0.15) is 0 Å². The Morgan fingerprint density at radius 2 is 1.70 bits per heavy atom. The van der Waals surface area contributed by atoms with Crippen molar-refractivity contribution in [1.29, 1.82) is 0 Å². The molecule has 0 aliphatic rings. The van der Waals surface area contributed by atoms with Crippen molar-refractivity contribution in [2.45, 2.75) is 6.42 Å². The third-order valence-electron chi connectivity index (χ3n) is 0.646. The maximum Gasteiger partial charge on any atom is 1.00 e. The van der Waals surface area contributed by atoms with E-state index in [4.69, 9.17) is 0 Å². The van der Waals surface area contributed by atoms with Crippen molar-refractivity contribution in [3.05, 3.63) is 12.2 Å². The van der Waals surface area contributed by atoms with Crippen LogP contribution in [-0.4, -0.2) is 11.9 Å². The molecule has 0 spiro atoms. The Kier molecular flexibility index (Phi) is 6.76. The Hall–Kier alpha value is -0.320. The van der Waals surface area contributed by atoms with Crippen molar-refractivity contribution < 1.29 is 49.4 Å².